The Morgan fingerprint density at radius 3 is 2.81 bits per heavy atom. The van der Waals surface area contributed by atoms with Gasteiger partial charge in [-0.05, 0) is 48.4 Å². The number of nitrogens with one attached hydrogen (secondary N) is 2. The summed E-state index contributed by atoms with van der Waals surface area (Å²) in [5, 5.41) is 8.51. The molecule has 1 fully saturated rings. The molecule has 0 bridgehead atoms. The van der Waals surface area contributed by atoms with Crippen LogP contribution in [-0.2, 0) is 0 Å². The quantitative estimate of drug-likeness (QED) is 0.807. The molecule has 2 aromatic rings. The van der Waals surface area contributed by atoms with Gasteiger partial charge in [-0.15, -0.1) is 0 Å². The lowest BCUT2D eigenvalue weighted by molar-refractivity contribution is 0.440. The Balaban J connectivity index is 1.76. The number of rotatable bonds is 1. The van der Waals surface area contributed by atoms with E-state index in [-0.39, 0.29) is 0 Å². The van der Waals surface area contributed by atoms with Crippen molar-refractivity contribution in [2.24, 2.45) is 0 Å². The van der Waals surface area contributed by atoms with Gasteiger partial charge in [0.2, 0.25) is 0 Å². The van der Waals surface area contributed by atoms with E-state index < -0.39 is 0 Å². The molecular formula is C17H16Cl2N2. The van der Waals surface area contributed by atoms with Gasteiger partial charge < -0.3 is 10.6 Å². The third-order valence-electron chi connectivity index (χ3n) is 4.52. The minimum atomic E-state index is 0.555. The highest BCUT2D eigenvalue weighted by Gasteiger charge is 2.33. The van der Waals surface area contributed by atoms with Crippen LogP contribution in [0.15, 0.2) is 36.4 Å². The van der Waals surface area contributed by atoms with Crippen molar-refractivity contribution in [2.45, 2.75) is 18.4 Å². The zero-order chi connectivity index (χ0) is 14.4. The van der Waals surface area contributed by atoms with Gasteiger partial charge in [0, 0.05) is 39.8 Å². The smallest absolute Gasteiger partial charge is 0.0499 e. The summed E-state index contributed by atoms with van der Waals surface area (Å²) in [6.45, 7) is 2.14. The maximum Gasteiger partial charge on any atom is 0.0499 e. The van der Waals surface area contributed by atoms with Gasteiger partial charge in [-0.3, -0.25) is 0 Å². The van der Waals surface area contributed by atoms with E-state index in [4.69, 9.17) is 23.2 Å². The highest BCUT2D eigenvalue weighted by Crippen LogP contribution is 2.41. The second-order valence-corrected chi connectivity index (χ2v) is 6.62. The lowest BCUT2D eigenvalue weighted by atomic mass is 9.89. The van der Waals surface area contributed by atoms with Crippen molar-refractivity contribution in [3.63, 3.8) is 0 Å². The van der Waals surface area contributed by atoms with E-state index in [1.54, 1.807) is 6.07 Å². The summed E-state index contributed by atoms with van der Waals surface area (Å²) in [6, 6.07) is 12.8. The summed E-state index contributed by atoms with van der Waals surface area (Å²) in [5.74, 6) is 0.555. The van der Waals surface area contributed by atoms with Crippen LogP contribution < -0.4 is 10.6 Å². The first kappa shape index (κ1) is 13.4. The second kappa shape index (κ2) is 5.20. The molecule has 0 aromatic heterocycles. The molecule has 1 saturated heterocycles. The van der Waals surface area contributed by atoms with Crippen molar-refractivity contribution in [1.82, 2.24) is 5.32 Å². The fraction of sp³-hybridized carbons (Fsp3) is 0.294. The zero-order valence-corrected chi connectivity index (χ0v) is 13.0. The van der Waals surface area contributed by atoms with Gasteiger partial charge in [-0.2, -0.15) is 0 Å². The SMILES string of the molecule is Clc1ccc(-c2ccc3c(c2)[C@@H]2CNCCC2N3)c(Cl)c1. The van der Waals surface area contributed by atoms with Crippen molar-refractivity contribution < 1.29 is 0 Å². The molecule has 2 aromatic carbocycles. The van der Waals surface area contributed by atoms with Crippen LogP contribution in [0.3, 0.4) is 0 Å². The van der Waals surface area contributed by atoms with Crippen LogP contribution in [0.2, 0.25) is 10.0 Å². The van der Waals surface area contributed by atoms with Crippen LogP contribution in [0.5, 0.6) is 0 Å². The van der Waals surface area contributed by atoms with Crippen molar-refractivity contribution >= 4 is 28.9 Å². The summed E-state index contributed by atoms with van der Waals surface area (Å²) in [6.07, 6.45) is 1.18. The van der Waals surface area contributed by atoms with Crippen molar-refractivity contribution in [2.75, 3.05) is 18.4 Å². The number of anilines is 1. The van der Waals surface area contributed by atoms with Crippen molar-refractivity contribution in [1.29, 1.82) is 0 Å². The maximum atomic E-state index is 6.34. The van der Waals surface area contributed by atoms with E-state index in [0.29, 0.717) is 22.0 Å². The van der Waals surface area contributed by atoms with Gasteiger partial charge in [-0.1, -0.05) is 35.3 Å². The Hall–Kier alpha value is -1.22. The number of benzene rings is 2. The fourth-order valence-corrected chi connectivity index (χ4v) is 3.97. The standard InChI is InChI=1S/C17H16Cl2N2/c18-11-2-3-12(15(19)8-11)10-1-4-16-13(7-10)14-9-20-6-5-17(14)21-16/h1-4,7-8,14,17,20-21H,5-6,9H2/t14-,17?/m0/s1. The highest BCUT2D eigenvalue weighted by molar-refractivity contribution is 6.36. The van der Waals surface area contributed by atoms with Gasteiger partial charge in [0.1, 0.15) is 0 Å². The van der Waals surface area contributed by atoms with Crippen molar-refractivity contribution in [3.8, 4) is 11.1 Å². The Bertz CT molecular complexity index is 699. The normalized spacial score (nSPS) is 23.3. The molecule has 0 radical (unpaired) electrons. The summed E-state index contributed by atoms with van der Waals surface area (Å²) in [5.41, 5.74) is 4.86. The molecule has 0 spiro atoms. The molecule has 0 aliphatic carbocycles. The predicted octanol–water partition coefficient (Wildman–Crippen LogP) is 4.53. The predicted molar refractivity (Wildman–Crippen MR) is 89.5 cm³/mol. The molecule has 2 heterocycles. The second-order valence-electron chi connectivity index (χ2n) is 5.78. The van der Waals surface area contributed by atoms with Crippen LogP contribution in [0.4, 0.5) is 5.69 Å². The van der Waals surface area contributed by atoms with Crippen LogP contribution in [0, 0.1) is 0 Å². The average Bonchev–Trinajstić information content (AvgIpc) is 2.85. The van der Waals surface area contributed by atoms with E-state index >= 15 is 0 Å². The van der Waals surface area contributed by atoms with Gasteiger partial charge in [0.15, 0.2) is 0 Å². The summed E-state index contributed by atoms with van der Waals surface area (Å²) >= 11 is 12.3. The van der Waals surface area contributed by atoms with E-state index in [2.05, 4.69) is 28.8 Å². The monoisotopic (exact) mass is 318 g/mol. The lowest BCUT2D eigenvalue weighted by Crippen LogP contribution is -2.38. The largest absolute Gasteiger partial charge is 0.381 e. The molecule has 4 rings (SSSR count). The number of halogens is 2. The van der Waals surface area contributed by atoms with Gasteiger partial charge >= 0.3 is 0 Å². The average molecular weight is 319 g/mol. The van der Waals surface area contributed by atoms with Crippen LogP contribution in [0.25, 0.3) is 11.1 Å². The summed E-state index contributed by atoms with van der Waals surface area (Å²) in [7, 11) is 0. The van der Waals surface area contributed by atoms with Gasteiger partial charge in [-0.25, -0.2) is 0 Å². The maximum absolute atomic E-state index is 6.34. The van der Waals surface area contributed by atoms with Gasteiger partial charge in [0.25, 0.3) is 0 Å². The Labute approximate surface area is 134 Å². The number of hydrogen-bond donors (Lipinski definition) is 2. The Kier molecular flexibility index (Phi) is 3.33. The van der Waals surface area contributed by atoms with E-state index in [0.717, 1.165) is 24.2 Å². The minimum absolute atomic E-state index is 0.555. The van der Waals surface area contributed by atoms with E-state index in [1.165, 1.54) is 17.7 Å². The molecule has 2 nitrogen and oxygen atoms in total. The van der Waals surface area contributed by atoms with E-state index in [1.807, 2.05) is 12.1 Å². The fourth-order valence-electron chi connectivity index (χ4n) is 3.45. The van der Waals surface area contributed by atoms with E-state index in [9.17, 15) is 0 Å². The molecule has 2 aliphatic rings. The Morgan fingerprint density at radius 2 is 1.95 bits per heavy atom. The number of piperidine rings is 1. The molecule has 2 N–H and O–H groups in total. The third kappa shape index (κ3) is 2.32. The summed E-state index contributed by atoms with van der Waals surface area (Å²) in [4.78, 5) is 0. The lowest BCUT2D eigenvalue weighted by Gasteiger charge is -2.26. The summed E-state index contributed by atoms with van der Waals surface area (Å²) < 4.78 is 0. The number of hydrogen-bond acceptors (Lipinski definition) is 2. The molecule has 2 atom stereocenters. The van der Waals surface area contributed by atoms with Crippen LogP contribution >= 0.6 is 23.2 Å². The Morgan fingerprint density at radius 1 is 1.05 bits per heavy atom. The third-order valence-corrected chi connectivity index (χ3v) is 5.06. The van der Waals surface area contributed by atoms with Crippen LogP contribution in [-0.4, -0.2) is 19.1 Å². The zero-order valence-electron chi connectivity index (χ0n) is 11.5. The topological polar surface area (TPSA) is 24.1 Å². The molecule has 4 heteroatoms. The number of fused-ring (bicyclic) bond motifs is 3. The molecular weight excluding hydrogens is 303 g/mol. The first-order chi connectivity index (χ1) is 10.2. The molecule has 108 valence electrons. The molecule has 0 amide bonds. The molecule has 0 saturated carbocycles. The van der Waals surface area contributed by atoms with Crippen molar-refractivity contribution in [3.05, 3.63) is 52.0 Å². The first-order valence-electron chi connectivity index (χ1n) is 7.29. The first-order valence-corrected chi connectivity index (χ1v) is 8.04. The highest BCUT2D eigenvalue weighted by atomic mass is 35.5. The van der Waals surface area contributed by atoms with Gasteiger partial charge in [0.05, 0.1) is 0 Å². The van der Waals surface area contributed by atoms with Crippen LogP contribution in [0.1, 0.15) is 17.9 Å². The molecule has 1 unspecified atom stereocenters. The molecule has 21 heavy (non-hydrogen) atoms. The minimum Gasteiger partial charge on any atom is -0.381 e. The molecule has 2 aliphatic heterocycles.